The fraction of sp³-hybridized carbons (Fsp3) is 0.263. The van der Waals surface area contributed by atoms with Crippen molar-refractivity contribution in [2.75, 3.05) is 20.2 Å². The molecule has 9 heteroatoms. The fourth-order valence-corrected chi connectivity index (χ4v) is 2.23. The molecule has 6 nitrogen and oxygen atoms in total. The number of carbonyl (C=O) groups excluding carboxylic acids is 2. The molecule has 0 aliphatic carbocycles. The van der Waals surface area contributed by atoms with Crippen LogP contribution < -0.4 is 14.8 Å². The Morgan fingerprint density at radius 2 is 1.68 bits per heavy atom. The zero-order valence-electron chi connectivity index (χ0n) is 15.0. The van der Waals surface area contributed by atoms with Crippen LogP contribution in [0.5, 0.6) is 11.5 Å². The molecule has 0 heterocycles. The van der Waals surface area contributed by atoms with Gasteiger partial charge in [0, 0.05) is 19.2 Å². The van der Waals surface area contributed by atoms with E-state index in [0.29, 0.717) is 5.75 Å². The van der Waals surface area contributed by atoms with Gasteiger partial charge in [-0.3, -0.25) is 9.59 Å². The van der Waals surface area contributed by atoms with Gasteiger partial charge in [-0.15, -0.1) is 13.2 Å². The first-order valence-electron chi connectivity index (χ1n) is 8.27. The molecule has 0 aromatic heterocycles. The summed E-state index contributed by atoms with van der Waals surface area (Å²) in [4.78, 5) is 25.1. The van der Waals surface area contributed by atoms with Crippen LogP contribution >= 0.6 is 0 Å². The van der Waals surface area contributed by atoms with Crippen LogP contribution in [0.25, 0.3) is 0 Å². The number of nitrogens with zero attached hydrogens (tertiary/aromatic N) is 1. The van der Waals surface area contributed by atoms with Crippen molar-refractivity contribution in [1.82, 2.24) is 10.2 Å². The lowest BCUT2D eigenvalue weighted by Gasteiger charge is -2.20. The monoisotopic (exact) mass is 396 g/mol. The lowest BCUT2D eigenvalue weighted by molar-refractivity contribution is -0.275. The summed E-state index contributed by atoms with van der Waals surface area (Å²) in [5.41, 5.74) is 0.189. The first kappa shape index (κ1) is 21.1. The second kappa shape index (κ2) is 9.63. The van der Waals surface area contributed by atoms with Gasteiger partial charge >= 0.3 is 6.36 Å². The summed E-state index contributed by atoms with van der Waals surface area (Å²) in [6, 6.07) is 14.2. The first-order chi connectivity index (χ1) is 13.2. The van der Waals surface area contributed by atoms with Crippen molar-refractivity contribution in [2.45, 2.75) is 12.9 Å². The smallest absolute Gasteiger partial charge is 0.484 e. The van der Waals surface area contributed by atoms with Crippen molar-refractivity contribution >= 4 is 11.8 Å². The fourth-order valence-electron chi connectivity index (χ4n) is 2.23. The number of rotatable bonds is 8. The van der Waals surface area contributed by atoms with Crippen LogP contribution in [0.1, 0.15) is 5.56 Å². The number of ether oxygens (including phenoxy) is 2. The zero-order chi connectivity index (χ0) is 20.6. The highest BCUT2D eigenvalue weighted by Gasteiger charge is 2.32. The zero-order valence-corrected chi connectivity index (χ0v) is 15.0. The number of likely N-dealkylation sites (N-methyl/N-ethyl adjacent to an activating group) is 1. The van der Waals surface area contributed by atoms with Crippen LogP contribution in [0.4, 0.5) is 13.2 Å². The number of para-hydroxylation sites is 2. The third-order valence-electron chi connectivity index (χ3n) is 3.58. The van der Waals surface area contributed by atoms with Gasteiger partial charge in [0.1, 0.15) is 11.5 Å². The Kier molecular flexibility index (Phi) is 7.25. The molecule has 0 atom stereocenters. The Labute approximate surface area is 159 Å². The lowest BCUT2D eigenvalue weighted by atomic mass is 10.2. The van der Waals surface area contributed by atoms with E-state index in [2.05, 4.69) is 10.1 Å². The topological polar surface area (TPSA) is 67.9 Å². The van der Waals surface area contributed by atoms with Crippen LogP contribution in [0.15, 0.2) is 54.6 Å². The van der Waals surface area contributed by atoms with Crippen molar-refractivity contribution in [2.24, 2.45) is 0 Å². The average molecular weight is 396 g/mol. The molecule has 0 unspecified atom stereocenters. The van der Waals surface area contributed by atoms with E-state index < -0.39 is 18.2 Å². The van der Waals surface area contributed by atoms with Crippen LogP contribution in [0.3, 0.4) is 0 Å². The van der Waals surface area contributed by atoms with E-state index >= 15 is 0 Å². The Bertz CT molecular complexity index is 797. The minimum absolute atomic E-state index is 0.110. The van der Waals surface area contributed by atoms with Crippen LogP contribution in [-0.4, -0.2) is 43.3 Å². The van der Waals surface area contributed by atoms with Crippen molar-refractivity contribution in [3.05, 3.63) is 60.2 Å². The number of carbonyl (C=O) groups is 2. The molecule has 2 amide bonds. The summed E-state index contributed by atoms with van der Waals surface area (Å²) >= 11 is 0. The number of halogens is 3. The first-order valence-corrected chi connectivity index (χ1v) is 8.27. The highest BCUT2D eigenvalue weighted by atomic mass is 19.4. The normalized spacial score (nSPS) is 10.9. The van der Waals surface area contributed by atoms with Gasteiger partial charge in [-0.2, -0.15) is 0 Å². The minimum atomic E-state index is -4.83. The molecule has 2 rings (SSSR count). The maximum absolute atomic E-state index is 12.5. The predicted molar refractivity (Wildman–Crippen MR) is 94.5 cm³/mol. The minimum Gasteiger partial charge on any atom is -0.484 e. The van der Waals surface area contributed by atoms with E-state index in [1.54, 1.807) is 36.4 Å². The molecule has 2 aromatic carbocycles. The number of hydrogen-bond acceptors (Lipinski definition) is 4. The van der Waals surface area contributed by atoms with Gasteiger partial charge in [-0.05, 0) is 18.2 Å². The van der Waals surface area contributed by atoms with Gasteiger partial charge < -0.3 is 19.7 Å². The number of nitrogens with one attached hydrogen (secondary N) is 1. The third kappa shape index (κ3) is 7.18. The molecule has 0 fully saturated rings. The molecular weight excluding hydrogens is 377 g/mol. The molecule has 0 aliphatic heterocycles. The molecule has 0 radical (unpaired) electrons. The molecular formula is C19H19F3N2O4. The third-order valence-corrected chi connectivity index (χ3v) is 3.58. The van der Waals surface area contributed by atoms with Crippen molar-refractivity contribution in [1.29, 1.82) is 0 Å². The molecule has 1 N–H and O–H groups in total. The van der Waals surface area contributed by atoms with E-state index in [9.17, 15) is 22.8 Å². The Morgan fingerprint density at radius 3 is 2.36 bits per heavy atom. The summed E-state index contributed by atoms with van der Waals surface area (Å²) < 4.78 is 46.6. The van der Waals surface area contributed by atoms with Crippen LogP contribution in [-0.2, 0) is 16.1 Å². The SMILES string of the molecule is CN(Cc1ccccc1OC(F)(F)F)C(=O)CNC(=O)COc1ccccc1. The largest absolute Gasteiger partial charge is 0.573 e. The number of alkyl halides is 3. The second-order valence-electron chi connectivity index (χ2n) is 5.78. The van der Waals surface area contributed by atoms with E-state index in [1.807, 2.05) is 0 Å². The molecule has 0 saturated heterocycles. The molecule has 0 spiro atoms. The molecule has 150 valence electrons. The Balaban J connectivity index is 1.82. The number of amides is 2. The summed E-state index contributed by atoms with van der Waals surface area (Å²) in [7, 11) is 1.42. The Morgan fingerprint density at radius 1 is 1.04 bits per heavy atom. The average Bonchev–Trinajstić information content (AvgIpc) is 2.65. The Hall–Kier alpha value is -3.23. The van der Waals surface area contributed by atoms with Gasteiger partial charge in [0.05, 0.1) is 6.54 Å². The van der Waals surface area contributed by atoms with Crippen LogP contribution in [0.2, 0.25) is 0 Å². The van der Waals surface area contributed by atoms with Gasteiger partial charge in [-0.1, -0.05) is 36.4 Å². The van der Waals surface area contributed by atoms with Gasteiger partial charge in [-0.25, -0.2) is 0 Å². The standard InChI is InChI=1S/C19H19F3N2O4/c1-24(12-14-7-5-6-10-16(14)28-19(20,21)22)18(26)11-23-17(25)13-27-15-8-3-2-4-9-15/h2-10H,11-13H2,1H3,(H,23,25). The molecule has 0 aliphatic rings. The van der Waals surface area contributed by atoms with Crippen molar-refractivity contribution < 1.29 is 32.2 Å². The molecule has 0 bridgehead atoms. The van der Waals surface area contributed by atoms with Crippen molar-refractivity contribution in [3.63, 3.8) is 0 Å². The molecule has 2 aromatic rings. The summed E-state index contributed by atoms with van der Waals surface area (Å²) in [6.45, 7) is -0.680. The van der Waals surface area contributed by atoms with Gasteiger partial charge in [0.2, 0.25) is 5.91 Å². The predicted octanol–water partition coefficient (Wildman–Crippen LogP) is 2.74. The van der Waals surface area contributed by atoms with Gasteiger partial charge in [0.25, 0.3) is 5.91 Å². The van der Waals surface area contributed by atoms with E-state index in [-0.39, 0.29) is 31.0 Å². The van der Waals surface area contributed by atoms with Crippen LogP contribution in [0, 0.1) is 0 Å². The van der Waals surface area contributed by atoms with E-state index in [0.717, 1.165) is 0 Å². The van der Waals surface area contributed by atoms with E-state index in [4.69, 9.17) is 4.74 Å². The second-order valence-corrected chi connectivity index (χ2v) is 5.78. The summed E-state index contributed by atoms with van der Waals surface area (Å²) in [5.74, 6) is -0.835. The van der Waals surface area contributed by atoms with Crippen molar-refractivity contribution in [3.8, 4) is 11.5 Å². The quantitative estimate of drug-likeness (QED) is 0.745. The van der Waals surface area contributed by atoms with Gasteiger partial charge in [0.15, 0.2) is 6.61 Å². The summed E-state index contributed by atoms with van der Waals surface area (Å²) in [5, 5.41) is 2.41. The maximum atomic E-state index is 12.5. The lowest BCUT2D eigenvalue weighted by Crippen LogP contribution is -2.39. The highest BCUT2D eigenvalue weighted by Crippen LogP contribution is 2.26. The number of benzene rings is 2. The van der Waals surface area contributed by atoms with E-state index in [1.165, 1.54) is 30.1 Å². The molecule has 0 saturated carbocycles. The summed E-state index contributed by atoms with van der Waals surface area (Å²) in [6.07, 6.45) is -4.83. The highest BCUT2D eigenvalue weighted by molar-refractivity contribution is 5.85. The maximum Gasteiger partial charge on any atom is 0.573 e. The number of hydrogen-bond donors (Lipinski definition) is 1. The molecule has 28 heavy (non-hydrogen) atoms.